The number of hydrogen-bond acceptors (Lipinski definition) is 2. The van der Waals surface area contributed by atoms with Gasteiger partial charge in [-0.2, -0.15) is 13.9 Å². The topological polar surface area (TPSA) is 43.8 Å². The molecule has 5 heteroatoms. The largest absolute Gasteiger partial charge is 0.330 e. The predicted molar refractivity (Wildman–Crippen MR) is 45.5 cm³/mol. The first-order valence-electron chi connectivity index (χ1n) is 4.06. The minimum atomic E-state index is -2.87. The number of aryl methyl sites for hydroxylation is 2. The Balaban J connectivity index is 2.98. The average Bonchev–Trinajstić information content (AvgIpc) is 2.30. The van der Waals surface area contributed by atoms with Crippen molar-refractivity contribution in [3.63, 3.8) is 0 Å². The van der Waals surface area contributed by atoms with Crippen molar-refractivity contribution in [2.45, 2.75) is 19.3 Å². The number of hydrogen-bond donors (Lipinski definition) is 1. The van der Waals surface area contributed by atoms with Gasteiger partial charge in [-0.25, -0.2) is 0 Å². The van der Waals surface area contributed by atoms with Crippen LogP contribution in [-0.2, 0) is 13.0 Å². The summed E-state index contributed by atoms with van der Waals surface area (Å²) in [7, 11) is 1.51. The SMILES string of the molecule is Cc1cc(C(F)(F)CCN)n(C)n1. The summed E-state index contributed by atoms with van der Waals surface area (Å²) in [6.07, 6.45) is -0.341. The molecule has 0 amide bonds. The van der Waals surface area contributed by atoms with E-state index in [9.17, 15) is 8.78 Å². The summed E-state index contributed by atoms with van der Waals surface area (Å²) < 4.78 is 27.8. The van der Waals surface area contributed by atoms with E-state index in [4.69, 9.17) is 5.73 Å². The van der Waals surface area contributed by atoms with Gasteiger partial charge in [-0.05, 0) is 19.5 Å². The van der Waals surface area contributed by atoms with Crippen LogP contribution >= 0.6 is 0 Å². The van der Waals surface area contributed by atoms with Crippen molar-refractivity contribution in [3.8, 4) is 0 Å². The van der Waals surface area contributed by atoms with Gasteiger partial charge in [-0.1, -0.05) is 0 Å². The fourth-order valence-corrected chi connectivity index (χ4v) is 1.26. The van der Waals surface area contributed by atoms with E-state index in [0.717, 1.165) is 0 Å². The molecule has 0 bridgehead atoms. The van der Waals surface area contributed by atoms with Crippen molar-refractivity contribution in [3.05, 3.63) is 17.5 Å². The minimum absolute atomic E-state index is 0.0305. The highest BCUT2D eigenvalue weighted by Gasteiger charge is 2.33. The molecule has 1 rings (SSSR count). The van der Waals surface area contributed by atoms with E-state index in [1.165, 1.54) is 17.8 Å². The van der Waals surface area contributed by atoms with Gasteiger partial charge in [0.2, 0.25) is 0 Å². The number of nitrogens with zero attached hydrogens (tertiary/aromatic N) is 2. The average molecular weight is 189 g/mol. The molecular weight excluding hydrogens is 176 g/mol. The van der Waals surface area contributed by atoms with Gasteiger partial charge in [0, 0.05) is 13.5 Å². The molecule has 1 aromatic heterocycles. The van der Waals surface area contributed by atoms with Crippen LogP contribution in [0.25, 0.3) is 0 Å². The van der Waals surface area contributed by atoms with Gasteiger partial charge in [-0.3, -0.25) is 4.68 Å². The van der Waals surface area contributed by atoms with E-state index >= 15 is 0 Å². The van der Waals surface area contributed by atoms with Crippen LogP contribution in [0.2, 0.25) is 0 Å². The highest BCUT2D eigenvalue weighted by atomic mass is 19.3. The lowest BCUT2D eigenvalue weighted by Gasteiger charge is -2.14. The lowest BCUT2D eigenvalue weighted by Crippen LogP contribution is -2.21. The molecule has 0 aromatic carbocycles. The van der Waals surface area contributed by atoms with Gasteiger partial charge in [0.25, 0.3) is 5.92 Å². The quantitative estimate of drug-likeness (QED) is 0.775. The molecule has 0 aliphatic carbocycles. The molecule has 1 heterocycles. The molecule has 0 saturated carbocycles. The standard InChI is InChI=1S/C8H13F2N3/c1-6-5-7(13(2)12-6)8(9,10)3-4-11/h5H,3-4,11H2,1-2H3. The van der Waals surface area contributed by atoms with Crippen LogP contribution in [0.4, 0.5) is 8.78 Å². The van der Waals surface area contributed by atoms with Crippen LogP contribution in [0.15, 0.2) is 6.07 Å². The summed E-state index contributed by atoms with van der Waals surface area (Å²) in [6.45, 7) is 1.65. The van der Waals surface area contributed by atoms with Crippen LogP contribution in [0.5, 0.6) is 0 Å². The maximum absolute atomic E-state index is 13.3. The van der Waals surface area contributed by atoms with Gasteiger partial charge in [0.15, 0.2) is 0 Å². The molecule has 0 aliphatic rings. The lowest BCUT2D eigenvalue weighted by atomic mass is 10.1. The lowest BCUT2D eigenvalue weighted by molar-refractivity contribution is -0.0187. The second-order valence-electron chi connectivity index (χ2n) is 3.04. The highest BCUT2D eigenvalue weighted by Crippen LogP contribution is 2.30. The van der Waals surface area contributed by atoms with Crippen LogP contribution < -0.4 is 5.73 Å². The van der Waals surface area contributed by atoms with E-state index in [0.29, 0.717) is 5.69 Å². The van der Waals surface area contributed by atoms with Crippen molar-refractivity contribution in [2.24, 2.45) is 12.8 Å². The zero-order chi connectivity index (χ0) is 10.1. The fourth-order valence-electron chi connectivity index (χ4n) is 1.26. The van der Waals surface area contributed by atoms with E-state index < -0.39 is 5.92 Å². The summed E-state index contributed by atoms with van der Waals surface area (Å²) >= 11 is 0. The van der Waals surface area contributed by atoms with Crippen molar-refractivity contribution < 1.29 is 8.78 Å². The first kappa shape index (κ1) is 10.1. The molecule has 3 nitrogen and oxygen atoms in total. The van der Waals surface area contributed by atoms with E-state index in [1.54, 1.807) is 6.92 Å². The molecule has 74 valence electrons. The van der Waals surface area contributed by atoms with Gasteiger partial charge in [-0.15, -0.1) is 0 Å². The zero-order valence-corrected chi connectivity index (χ0v) is 7.72. The third kappa shape index (κ3) is 2.03. The molecule has 0 radical (unpaired) electrons. The van der Waals surface area contributed by atoms with Gasteiger partial charge >= 0.3 is 0 Å². The van der Waals surface area contributed by atoms with Gasteiger partial charge in [0.1, 0.15) is 5.69 Å². The third-order valence-corrected chi connectivity index (χ3v) is 1.84. The third-order valence-electron chi connectivity index (χ3n) is 1.84. The van der Waals surface area contributed by atoms with E-state index in [2.05, 4.69) is 5.10 Å². The summed E-state index contributed by atoms with van der Waals surface area (Å²) in [4.78, 5) is 0. The van der Waals surface area contributed by atoms with Crippen molar-refractivity contribution >= 4 is 0 Å². The van der Waals surface area contributed by atoms with Gasteiger partial charge < -0.3 is 5.73 Å². The summed E-state index contributed by atoms with van der Waals surface area (Å²) in [5.74, 6) is -2.87. The van der Waals surface area contributed by atoms with Crippen LogP contribution in [0, 0.1) is 6.92 Å². The number of rotatable bonds is 3. The molecule has 0 spiro atoms. The molecule has 0 saturated heterocycles. The van der Waals surface area contributed by atoms with Crippen molar-refractivity contribution in [1.82, 2.24) is 9.78 Å². The zero-order valence-electron chi connectivity index (χ0n) is 7.72. The maximum Gasteiger partial charge on any atom is 0.290 e. The second kappa shape index (κ2) is 3.41. The molecule has 0 atom stereocenters. The summed E-state index contributed by atoms with van der Waals surface area (Å²) in [6, 6.07) is 1.38. The molecule has 0 fully saturated rings. The predicted octanol–water partition coefficient (Wildman–Crippen LogP) is 1.17. The Morgan fingerprint density at radius 2 is 2.23 bits per heavy atom. The monoisotopic (exact) mass is 189 g/mol. The molecule has 2 N–H and O–H groups in total. The highest BCUT2D eigenvalue weighted by molar-refractivity contribution is 5.14. The molecule has 13 heavy (non-hydrogen) atoms. The number of halogens is 2. The van der Waals surface area contributed by atoms with E-state index in [1.807, 2.05) is 0 Å². The van der Waals surface area contributed by atoms with Crippen LogP contribution in [-0.4, -0.2) is 16.3 Å². The molecule has 0 unspecified atom stereocenters. The summed E-state index contributed by atoms with van der Waals surface area (Å²) in [5, 5.41) is 3.86. The fraction of sp³-hybridized carbons (Fsp3) is 0.625. The first-order chi connectivity index (χ1) is 5.97. The van der Waals surface area contributed by atoms with Crippen molar-refractivity contribution in [1.29, 1.82) is 0 Å². The Kier molecular flexibility index (Phi) is 2.66. The summed E-state index contributed by atoms with van der Waals surface area (Å²) in [5.41, 5.74) is 5.62. The van der Waals surface area contributed by atoms with Crippen molar-refractivity contribution in [2.75, 3.05) is 6.54 Å². The molecule has 0 aliphatic heterocycles. The van der Waals surface area contributed by atoms with Crippen LogP contribution in [0.3, 0.4) is 0 Å². The van der Waals surface area contributed by atoms with Crippen LogP contribution in [0.1, 0.15) is 17.8 Å². The minimum Gasteiger partial charge on any atom is -0.330 e. The number of alkyl halides is 2. The normalized spacial score (nSPS) is 12.1. The Hall–Kier alpha value is -0.970. The smallest absolute Gasteiger partial charge is 0.290 e. The Morgan fingerprint density at radius 3 is 2.62 bits per heavy atom. The van der Waals surface area contributed by atoms with E-state index in [-0.39, 0.29) is 18.7 Å². The Labute approximate surface area is 75.5 Å². The number of aromatic nitrogens is 2. The molecular formula is C8H13F2N3. The Morgan fingerprint density at radius 1 is 1.62 bits per heavy atom. The maximum atomic E-state index is 13.3. The molecule has 1 aromatic rings. The number of nitrogens with two attached hydrogens (primary N) is 1. The first-order valence-corrected chi connectivity index (χ1v) is 4.06. The second-order valence-corrected chi connectivity index (χ2v) is 3.04. The van der Waals surface area contributed by atoms with Gasteiger partial charge in [0.05, 0.1) is 5.69 Å². The Bertz CT molecular complexity index is 294.